The summed E-state index contributed by atoms with van der Waals surface area (Å²) in [6, 6.07) is 1.66. The van der Waals surface area contributed by atoms with E-state index in [0.29, 0.717) is 11.3 Å². The highest BCUT2D eigenvalue weighted by atomic mass is 16.2. The monoisotopic (exact) mass is 219 g/mol. The Morgan fingerprint density at radius 3 is 2.88 bits per heavy atom. The van der Waals surface area contributed by atoms with E-state index in [1.54, 1.807) is 18.5 Å². The van der Waals surface area contributed by atoms with E-state index in [4.69, 9.17) is 5.73 Å². The Kier molecular flexibility index (Phi) is 2.58. The fourth-order valence-corrected chi connectivity index (χ4v) is 2.04. The largest absolute Gasteiger partial charge is 0.398 e. The summed E-state index contributed by atoms with van der Waals surface area (Å²) in [5.74, 6) is -0.00354. The zero-order valence-electron chi connectivity index (χ0n) is 9.73. The summed E-state index contributed by atoms with van der Waals surface area (Å²) in [7, 11) is 0. The van der Waals surface area contributed by atoms with Crippen molar-refractivity contribution < 1.29 is 4.79 Å². The van der Waals surface area contributed by atoms with Gasteiger partial charge in [0.05, 0.1) is 5.56 Å². The van der Waals surface area contributed by atoms with Gasteiger partial charge in [0.1, 0.15) is 0 Å². The lowest BCUT2D eigenvalue weighted by Gasteiger charge is -2.20. The Morgan fingerprint density at radius 2 is 2.31 bits per heavy atom. The number of hydrogen-bond donors (Lipinski definition) is 1. The lowest BCUT2D eigenvalue weighted by molar-refractivity contribution is 0.0779. The number of hydrogen-bond acceptors (Lipinski definition) is 3. The molecule has 86 valence electrons. The molecule has 0 atom stereocenters. The molecule has 1 aliphatic heterocycles. The highest BCUT2D eigenvalue weighted by Crippen LogP contribution is 2.30. The molecule has 0 aliphatic carbocycles. The van der Waals surface area contributed by atoms with Crippen molar-refractivity contribution in [2.75, 3.05) is 18.8 Å². The molecule has 0 aromatic carbocycles. The molecule has 2 heterocycles. The SMILES string of the molecule is CC1(C)CCN(C(=O)c2cnccc2N)C1. The summed E-state index contributed by atoms with van der Waals surface area (Å²) >= 11 is 0. The number of likely N-dealkylation sites (tertiary alicyclic amines) is 1. The predicted octanol–water partition coefficient (Wildman–Crippen LogP) is 1.54. The van der Waals surface area contributed by atoms with Gasteiger partial charge in [-0.25, -0.2) is 0 Å². The summed E-state index contributed by atoms with van der Waals surface area (Å²) in [4.78, 5) is 18.0. The van der Waals surface area contributed by atoms with Crippen LogP contribution in [0, 0.1) is 5.41 Å². The second-order valence-electron chi connectivity index (χ2n) is 5.10. The molecule has 2 N–H and O–H groups in total. The maximum absolute atomic E-state index is 12.2. The fraction of sp³-hybridized carbons (Fsp3) is 0.500. The van der Waals surface area contributed by atoms with Crippen LogP contribution < -0.4 is 5.73 Å². The van der Waals surface area contributed by atoms with Gasteiger partial charge in [-0.3, -0.25) is 9.78 Å². The average molecular weight is 219 g/mol. The van der Waals surface area contributed by atoms with Crippen LogP contribution >= 0.6 is 0 Å². The van der Waals surface area contributed by atoms with Gasteiger partial charge in [0, 0.05) is 31.2 Å². The van der Waals surface area contributed by atoms with Crippen LogP contribution in [0.4, 0.5) is 5.69 Å². The molecule has 0 unspecified atom stereocenters. The van der Waals surface area contributed by atoms with Gasteiger partial charge in [-0.05, 0) is 17.9 Å². The average Bonchev–Trinajstić information content (AvgIpc) is 2.59. The third kappa shape index (κ3) is 2.01. The molecule has 0 bridgehead atoms. The topological polar surface area (TPSA) is 59.2 Å². The standard InChI is InChI=1S/C12H17N3O/c1-12(2)4-6-15(8-12)11(16)9-7-14-5-3-10(9)13/h3,5,7H,4,6,8H2,1-2H3,(H2,13,14). The molecule has 1 fully saturated rings. The van der Waals surface area contributed by atoms with Gasteiger partial charge in [-0.2, -0.15) is 0 Å². The normalized spacial score (nSPS) is 18.8. The van der Waals surface area contributed by atoms with E-state index >= 15 is 0 Å². The van der Waals surface area contributed by atoms with Gasteiger partial charge in [0.15, 0.2) is 0 Å². The van der Waals surface area contributed by atoms with Crippen LogP contribution in [0.1, 0.15) is 30.6 Å². The van der Waals surface area contributed by atoms with Gasteiger partial charge in [0.25, 0.3) is 5.91 Å². The van der Waals surface area contributed by atoms with E-state index < -0.39 is 0 Å². The van der Waals surface area contributed by atoms with Crippen LogP contribution in [0.15, 0.2) is 18.5 Å². The van der Waals surface area contributed by atoms with E-state index in [1.807, 2.05) is 4.90 Å². The highest BCUT2D eigenvalue weighted by molar-refractivity contribution is 5.98. The van der Waals surface area contributed by atoms with Crippen molar-refractivity contribution >= 4 is 11.6 Å². The Balaban J connectivity index is 2.18. The van der Waals surface area contributed by atoms with E-state index in [0.717, 1.165) is 19.5 Å². The number of amides is 1. The van der Waals surface area contributed by atoms with Crippen LogP contribution in [-0.4, -0.2) is 28.9 Å². The number of nitrogen functional groups attached to an aromatic ring is 1. The van der Waals surface area contributed by atoms with Crippen LogP contribution in [0.3, 0.4) is 0 Å². The summed E-state index contributed by atoms with van der Waals surface area (Å²) in [6.45, 7) is 5.94. The summed E-state index contributed by atoms with van der Waals surface area (Å²) in [5.41, 5.74) is 7.00. The second kappa shape index (κ2) is 3.77. The van der Waals surface area contributed by atoms with Crippen molar-refractivity contribution in [1.82, 2.24) is 9.88 Å². The number of carbonyl (C=O) groups is 1. The van der Waals surface area contributed by atoms with Gasteiger partial charge in [-0.1, -0.05) is 13.8 Å². The van der Waals surface area contributed by atoms with Crippen molar-refractivity contribution in [1.29, 1.82) is 0 Å². The van der Waals surface area contributed by atoms with Gasteiger partial charge < -0.3 is 10.6 Å². The molecular formula is C12H17N3O. The first-order valence-corrected chi connectivity index (χ1v) is 5.48. The first kappa shape index (κ1) is 10.9. The van der Waals surface area contributed by atoms with E-state index in [-0.39, 0.29) is 11.3 Å². The Labute approximate surface area is 95.5 Å². The van der Waals surface area contributed by atoms with Crippen LogP contribution in [0.2, 0.25) is 0 Å². The summed E-state index contributed by atoms with van der Waals surface area (Å²) in [5, 5.41) is 0. The number of aromatic nitrogens is 1. The molecule has 4 heteroatoms. The Morgan fingerprint density at radius 1 is 1.56 bits per heavy atom. The first-order chi connectivity index (χ1) is 7.49. The lowest BCUT2D eigenvalue weighted by atomic mass is 9.93. The van der Waals surface area contributed by atoms with Gasteiger partial charge in [-0.15, -0.1) is 0 Å². The first-order valence-electron chi connectivity index (χ1n) is 5.48. The molecule has 1 aromatic rings. The van der Waals surface area contributed by atoms with E-state index in [2.05, 4.69) is 18.8 Å². The third-order valence-corrected chi connectivity index (χ3v) is 3.05. The van der Waals surface area contributed by atoms with Crippen molar-refractivity contribution in [2.45, 2.75) is 20.3 Å². The molecule has 0 radical (unpaired) electrons. The zero-order chi connectivity index (χ0) is 11.8. The van der Waals surface area contributed by atoms with Crippen LogP contribution in [0.5, 0.6) is 0 Å². The smallest absolute Gasteiger partial charge is 0.257 e. The number of carbonyl (C=O) groups excluding carboxylic acids is 1. The van der Waals surface area contributed by atoms with Crippen LogP contribution in [-0.2, 0) is 0 Å². The van der Waals surface area contributed by atoms with Gasteiger partial charge in [0.2, 0.25) is 0 Å². The number of pyridine rings is 1. The minimum atomic E-state index is -0.00354. The highest BCUT2D eigenvalue weighted by Gasteiger charge is 2.32. The molecule has 2 rings (SSSR count). The minimum Gasteiger partial charge on any atom is -0.398 e. The maximum Gasteiger partial charge on any atom is 0.257 e. The third-order valence-electron chi connectivity index (χ3n) is 3.05. The zero-order valence-corrected chi connectivity index (χ0v) is 9.73. The quantitative estimate of drug-likeness (QED) is 0.779. The van der Waals surface area contributed by atoms with Crippen molar-refractivity contribution in [3.8, 4) is 0 Å². The molecule has 0 saturated carbocycles. The van der Waals surface area contributed by atoms with Crippen molar-refractivity contribution in [2.24, 2.45) is 5.41 Å². The minimum absolute atomic E-state index is 0.00354. The van der Waals surface area contributed by atoms with Crippen LogP contribution in [0.25, 0.3) is 0 Å². The molecule has 4 nitrogen and oxygen atoms in total. The fourth-order valence-electron chi connectivity index (χ4n) is 2.04. The number of nitrogens with two attached hydrogens (primary N) is 1. The van der Waals surface area contributed by atoms with Crippen molar-refractivity contribution in [3.63, 3.8) is 0 Å². The molecule has 0 spiro atoms. The predicted molar refractivity (Wildman–Crippen MR) is 63.0 cm³/mol. The maximum atomic E-state index is 12.2. The molecular weight excluding hydrogens is 202 g/mol. The Bertz CT molecular complexity index is 414. The molecule has 1 amide bonds. The van der Waals surface area contributed by atoms with E-state index in [1.165, 1.54) is 0 Å². The number of anilines is 1. The Hall–Kier alpha value is -1.58. The summed E-state index contributed by atoms with van der Waals surface area (Å²) < 4.78 is 0. The molecule has 1 aromatic heterocycles. The van der Waals surface area contributed by atoms with Gasteiger partial charge >= 0.3 is 0 Å². The number of nitrogens with zero attached hydrogens (tertiary/aromatic N) is 2. The molecule has 1 saturated heterocycles. The summed E-state index contributed by atoms with van der Waals surface area (Å²) in [6.07, 6.45) is 4.18. The molecule has 16 heavy (non-hydrogen) atoms. The number of rotatable bonds is 1. The molecule has 1 aliphatic rings. The second-order valence-corrected chi connectivity index (χ2v) is 5.10. The lowest BCUT2D eigenvalue weighted by Crippen LogP contribution is -2.30. The van der Waals surface area contributed by atoms with E-state index in [9.17, 15) is 4.79 Å². The van der Waals surface area contributed by atoms with Crippen molar-refractivity contribution in [3.05, 3.63) is 24.0 Å².